The summed E-state index contributed by atoms with van der Waals surface area (Å²) in [6, 6.07) is 17.0. The average molecular weight is 480 g/mol. The van der Waals surface area contributed by atoms with E-state index in [-0.39, 0.29) is 17.3 Å². The van der Waals surface area contributed by atoms with Gasteiger partial charge in [0.25, 0.3) is 0 Å². The van der Waals surface area contributed by atoms with Crippen molar-refractivity contribution < 1.29 is 27.1 Å². The van der Waals surface area contributed by atoms with E-state index in [9.17, 15) is 18.0 Å². The van der Waals surface area contributed by atoms with Crippen LogP contribution in [0.5, 0.6) is 5.75 Å². The monoisotopic (exact) mass is 479 g/mol. The Morgan fingerprint density at radius 3 is 2.65 bits per heavy atom. The molecule has 0 spiro atoms. The fraction of sp³-hybridized carbons (Fsp3) is 0.120. The van der Waals surface area contributed by atoms with Gasteiger partial charge in [-0.1, -0.05) is 36.4 Å². The van der Waals surface area contributed by atoms with Crippen molar-refractivity contribution >= 4 is 43.8 Å². The summed E-state index contributed by atoms with van der Waals surface area (Å²) in [6.07, 6.45) is 2.62. The fourth-order valence-electron chi connectivity index (χ4n) is 3.61. The number of fused-ring (bicyclic) bond motifs is 3. The number of sulfonamides is 1. The highest BCUT2D eigenvalue weighted by Crippen LogP contribution is 2.28. The lowest BCUT2D eigenvalue weighted by atomic mass is 10.0. The van der Waals surface area contributed by atoms with Crippen molar-refractivity contribution in [1.82, 2.24) is 4.72 Å². The van der Waals surface area contributed by atoms with Crippen LogP contribution in [0.25, 0.3) is 27.8 Å². The highest BCUT2D eigenvalue weighted by atomic mass is 32.2. The van der Waals surface area contributed by atoms with Gasteiger partial charge >= 0.3 is 11.6 Å². The Kier molecular flexibility index (Phi) is 6.49. The zero-order chi connectivity index (χ0) is 24.3. The molecule has 0 aliphatic carbocycles. The van der Waals surface area contributed by atoms with Crippen LogP contribution in [0.2, 0.25) is 0 Å². The Labute approximate surface area is 195 Å². The van der Waals surface area contributed by atoms with Gasteiger partial charge in [0, 0.05) is 23.1 Å². The Bertz CT molecular complexity index is 1590. The number of nitrogens with one attached hydrogen (secondary N) is 1. The van der Waals surface area contributed by atoms with Gasteiger partial charge < -0.3 is 13.9 Å². The molecular weight excluding hydrogens is 458 g/mol. The predicted octanol–water partition coefficient (Wildman–Crippen LogP) is 3.62. The standard InChI is InChI=1S/C25H21NO7S/c1-26-34(29,30)22-13-16(7-10-20(22)31-2)8-12-23(27)32-15-18-14-24(28)33-21-11-9-17-5-3-4-6-19(17)25(18)21/h3-14,26H,15H2,1-2H3/b12-8+. The first-order chi connectivity index (χ1) is 16.3. The van der Waals surface area contributed by atoms with E-state index in [2.05, 4.69) is 4.72 Å². The molecule has 0 radical (unpaired) electrons. The second-order valence-corrected chi connectivity index (χ2v) is 9.16. The lowest BCUT2D eigenvalue weighted by molar-refractivity contribution is -0.138. The van der Waals surface area contributed by atoms with Gasteiger partial charge in [-0.15, -0.1) is 0 Å². The highest BCUT2D eigenvalue weighted by molar-refractivity contribution is 7.89. The molecule has 34 heavy (non-hydrogen) atoms. The molecule has 4 aromatic rings. The van der Waals surface area contributed by atoms with Crippen LogP contribution in [-0.2, 0) is 26.2 Å². The van der Waals surface area contributed by atoms with Crippen molar-refractivity contribution in [3.63, 3.8) is 0 Å². The molecule has 174 valence electrons. The number of esters is 1. The van der Waals surface area contributed by atoms with Gasteiger partial charge in [0.05, 0.1) is 7.11 Å². The first-order valence-corrected chi connectivity index (χ1v) is 11.7. The number of rotatable bonds is 7. The molecule has 0 aliphatic rings. The van der Waals surface area contributed by atoms with Crippen LogP contribution >= 0.6 is 0 Å². The summed E-state index contributed by atoms with van der Waals surface area (Å²) in [7, 11) is -1.09. The molecule has 0 saturated heterocycles. The highest BCUT2D eigenvalue weighted by Gasteiger charge is 2.18. The molecule has 0 unspecified atom stereocenters. The van der Waals surface area contributed by atoms with E-state index in [1.165, 1.54) is 44.5 Å². The predicted molar refractivity (Wildman–Crippen MR) is 128 cm³/mol. The molecule has 0 bridgehead atoms. The smallest absolute Gasteiger partial charge is 0.336 e. The third-order valence-electron chi connectivity index (χ3n) is 5.24. The summed E-state index contributed by atoms with van der Waals surface area (Å²) < 4.78 is 42.5. The van der Waals surface area contributed by atoms with Gasteiger partial charge in [0.15, 0.2) is 0 Å². The van der Waals surface area contributed by atoms with Crippen LogP contribution in [0, 0.1) is 0 Å². The number of hydrogen-bond acceptors (Lipinski definition) is 7. The van der Waals surface area contributed by atoms with E-state index in [1.807, 2.05) is 30.3 Å². The largest absolute Gasteiger partial charge is 0.495 e. The minimum absolute atomic E-state index is 0.0534. The van der Waals surface area contributed by atoms with Crippen LogP contribution in [-0.4, -0.2) is 28.5 Å². The summed E-state index contributed by atoms with van der Waals surface area (Å²) in [4.78, 5) is 24.3. The number of carbonyl (C=O) groups excluding carboxylic acids is 1. The normalized spacial score (nSPS) is 11.8. The van der Waals surface area contributed by atoms with Gasteiger partial charge in [0.1, 0.15) is 22.8 Å². The molecule has 0 amide bonds. The van der Waals surface area contributed by atoms with Gasteiger partial charge in [-0.3, -0.25) is 0 Å². The van der Waals surface area contributed by atoms with Crippen LogP contribution in [0.4, 0.5) is 0 Å². The first-order valence-electron chi connectivity index (χ1n) is 10.2. The van der Waals surface area contributed by atoms with E-state index >= 15 is 0 Å². The summed E-state index contributed by atoms with van der Waals surface area (Å²) in [5.41, 5.74) is 0.852. The maximum Gasteiger partial charge on any atom is 0.336 e. The average Bonchev–Trinajstić information content (AvgIpc) is 2.85. The molecular formula is C25H21NO7S. The molecule has 0 aliphatic heterocycles. The van der Waals surface area contributed by atoms with E-state index in [1.54, 1.807) is 12.1 Å². The second-order valence-electron chi connectivity index (χ2n) is 7.31. The summed E-state index contributed by atoms with van der Waals surface area (Å²) >= 11 is 0. The zero-order valence-electron chi connectivity index (χ0n) is 18.4. The Morgan fingerprint density at radius 1 is 1.09 bits per heavy atom. The summed E-state index contributed by atoms with van der Waals surface area (Å²) in [5.74, 6) is -0.480. The molecule has 4 rings (SSSR count). The van der Waals surface area contributed by atoms with Crippen LogP contribution < -0.4 is 15.1 Å². The molecule has 0 atom stereocenters. The minimum Gasteiger partial charge on any atom is -0.495 e. The number of ether oxygens (including phenoxy) is 2. The fourth-order valence-corrected chi connectivity index (χ4v) is 4.54. The van der Waals surface area contributed by atoms with E-state index < -0.39 is 21.6 Å². The molecule has 1 heterocycles. The van der Waals surface area contributed by atoms with Crippen molar-refractivity contribution in [2.24, 2.45) is 0 Å². The topological polar surface area (TPSA) is 112 Å². The van der Waals surface area contributed by atoms with Gasteiger partial charge in [-0.2, -0.15) is 0 Å². The van der Waals surface area contributed by atoms with Crippen LogP contribution in [0.15, 0.2) is 80.8 Å². The quantitative estimate of drug-likeness (QED) is 0.186. The maximum atomic E-state index is 12.4. The summed E-state index contributed by atoms with van der Waals surface area (Å²) in [6.45, 7) is -0.138. The number of benzene rings is 3. The number of carbonyl (C=O) groups is 1. The van der Waals surface area contributed by atoms with Gasteiger partial charge in [-0.05, 0) is 47.7 Å². The molecule has 8 nitrogen and oxygen atoms in total. The molecule has 1 aromatic heterocycles. The molecule has 0 saturated carbocycles. The third-order valence-corrected chi connectivity index (χ3v) is 6.68. The molecule has 3 aromatic carbocycles. The van der Waals surface area contributed by atoms with Crippen LogP contribution in [0.3, 0.4) is 0 Å². The SMILES string of the molecule is CNS(=O)(=O)c1cc(/C=C/C(=O)OCc2cc(=O)oc3ccc4ccccc4c23)ccc1OC. The molecule has 9 heteroatoms. The first kappa shape index (κ1) is 23.2. The van der Waals surface area contributed by atoms with Crippen molar-refractivity contribution in [2.45, 2.75) is 11.5 Å². The lowest BCUT2D eigenvalue weighted by Gasteiger charge is -2.10. The zero-order valence-corrected chi connectivity index (χ0v) is 19.2. The Balaban J connectivity index is 1.58. The molecule has 1 N–H and O–H groups in total. The van der Waals surface area contributed by atoms with E-state index in [0.29, 0.717) is 22.1 Å². The van der Waals surface area contributed by atoms with Gasteiger partial charge in [0.2, 0.25) is 10.0 Å². The van der Waals surface area contributed by atoms with Crippen molar-refractivity contribution in [3.8, 4) is 5.75 Å². The molecule has 0 fully saturated rings. The second kappa shape index (κ2) is 9.50. The maximum absolute atomic E-state index is 12.4. The van der Waals surface area contributed by atoms with Crippen LogP contribution in [0.1, 0.15) is 11.1 Å². The summed E-state index contributed by atoms with van der Waals surface area (Å²) in [5, 5.41) is 2.54. The van der Waals surface area contributed by atoms with E-state index in [4.69, 9.17) is 13.9 Å². The Morgan fingerprint density at radius 2 is 1.88 bits per heavy atom. The van der Waals surface area contributed by atoms with Crippen molar-refractivity contribution in [2.75, 3.05) is 14.2 Å². The third kappa shape index (κ3) is 4.70. The van der Waals surface area contributed by atoms with Gasteiger partial charge in [-0.25, -0.2) is 22.7 Å². The number of methoxy groups -OCH3 is 1. The van der Waals surface area contributed by atoms with E-state index in [0.717, 1.165) is 10.8 Å². The van der Waals surface area contributed by atoms with Crippen molar-refractivity contribution in [1.29, 1.82) is 0 Å². The number of hydrogen-bond donors (Lipinski definition) is 1. The lowest BCUT2D eigenvalue weighted by Crippen LogP contribution is -2.19. The minimum atomic E-state index is -3.75. The van der Waals surface area contributed by atoms with Crippen molar-refractivity contribution in [3.05, 3.63) is 88.3 Å². The Hall–Kier alpha value is -3.95.